The molecule has 6 rings (SSSR count). The van der Waals surface area contributed by atoms with Crippen LogP contribution in [0.4, 0.5) is 33.3 Å². The topological polar surface area (TPSA) is 98.2 Å². The van der Waals surface area contributed by atoms with Gasteiger partial charge in [-0.2, -0.15) is 4.98 Å². The number of rotatable bonds is 7. The van der Waals surface area contributed by atoms with Gasteiger partial charge in [0.1, 0.15) is 23.1 Å². The third kappa shape index (κ3) is 6.58. The first kappa shape index (κ1) is 27.0. The van der Waals surface area contributed by atoms with E-state index < -0.39 is 0 Å². The molecule has 0 saturated carbocycles. The molecule has 2 saturated heterocycles. The normalized spacial score (nSPS) is 17.0. The molecule has 2 aliphatic heterocycles. The van der Waals surface area contributed by atoms with Gasteiger partial charge in [-0.3, -0.25) is 4.90 Å². The number of pyridine rings is 1. The van der Waals surface area contributed by atoms with E-state index in [1.165, 1.54) is 50.8 Å². The summed E-state index contributed by atoms with van der Waals surface area (Å²) in [5, 5.41) is 6.48. The number of piperidine rings is 1. The summed E-state index contributed by atoms with van der Waals surface area (Å²) >= 11 is 0. The Bertz CT molecular complexity index is 1460. The van der Waals surface area contributed by atoms with Crippen molar-refractivity contribution in [2.45, 2.75) is 25.8 Å². The maximum Gasteiger partial charge on any atom is 0.229 e. The van der Waals surface area contributed by atoms with Crippen molar-refractivity contribution in [3.8, 4) is 11.5 Å². The molecule has 0 unspecified atom stereocenters. The number of benzene rings is 1. The zero-order valence-electron chi connectivity index (χ0n) is 23.5. The van der Waals surface area contributed by atoms with E-state index >= 15 is 0 Å². The molecule has 5 heterocycles. The second-order valence-corrected chi connectivity index (χ2v) is 10.6. The number of aromatic nitrogens is 5. The Hall–Kier alpha value is -4.22. The van der Waals surface area contributed by atoms with Crippen molar-refractivity contribution in [2.24, 2.45) is 0 Å². The highest BCUT2D eigenvalue weighted by atomic mass is 19.1. The largest absolute Gasteiger partial charge is 0.371 e. The molecular weight excluding hydrogens is 519 g/mol. The van der Waals surface area contributed by atoms with Crippen LogP contribution in [-0.2, 0) is 0 Å². The van der Waals surface area contributed by atoms with Crippen LogP contribution in [0.1, 0.15) is 18.5 Å². The third-order valence-electron chi connectivity index (χ3n) is 7.83. The number of likely N-dealkylation sites (N-methyl/N-ethyl adjacent to an activating group) is 1. The van der Waals surface area contributed by atoms with Crippen LogP contribution in [0.25, 0.3) is 11.5 Å². The van der Waals surface area contributed by atoms with Gasteiger partial charge in [-0.1, -0.05) is 0 Å². The molecule has 2 aliphatic rings. The molecule has 212 valence electrons. The average molecular weight is 555 g/mol. The van der Waals surface area contributed by atoms with Crippen molar-refractivity contribution in [3.63, 3.8) is 0 Å². The highest BCUT2D eigenvalue weighted by Gasteiger charge is 2.26. The van der Waals surface area contributed by atoms with Gasteiger partial charge in [-0.25, -0.2) is 24.3 Å². The first-order valence-electron chi connectivity index (χ1n) is 14.1. The molecule has 4 aromatic rings. The van der Waals surface area contributed by atoms with Crippen LogP contribution in [0.2, 0.25) is 0 Å². The lowest BCUT2D eigenvalue weighted by atomic mass is 10.0. The van der Waals surface area contributed by atoms with Gasteiger partial charge < -0.3 is 20.4 Å². The summed E-state index contributed by atoms with van der Waals surface area (Å²) in [5.74, 6) is 1.63. The lowest BCUT2D eigenvalue weighted by Crippen LogP contribution is -2.52. The second-order valence-electron chi connectivity index (χ2n) is 10.6. The standard InChI is InChI=1S/C30H35FN10/c1-21-25(31)7-8-26(34-21)29-32-13-9-27(37-29)36-28-10-14-33-30(38-28)35-22-3-5-23(6-4-22)40-15-11-24(12-16-40)41-19-17-39(2)18-20-41/h3-10,13-14,24H,11-12,15-20H2,1-2H3,(H2,32,33,35,36,37,38). The van der Waals surface area contributed by atoms with E-state index in [9.17, 15) is 4.39 Å². The van der Waals surface area contributed by atoms with E-state index in [1.807, 2.05) is 0 Å². The van der Waals surface area contributed by atoms with Gasteiger partial charge in [0.05, 0.1) is 5.69 Å². The zero-order valence-corrected chi connectivity index (χ0v) is 23.5. The van der Waals surface area contributed by atoms with Crippen LogP contribution < -0.4 is 15.5 Å². The minimum Gasteiger partial charge on any atom is -0.371 e. The van der Waals surface area contributed by atoms with Crippen molar-refractivity contribution in [1.82, 2.24) is 34.7 Å². The SMILES string of the molecule is Cc1nc(-c2nccc(Nc3ccnc(Nc4ccc(N5CCC(N6CCN(C)CC6)CC5)cc4)n3)n2)ccc1F. The zero-order chi connectivity index (χ0) is 28.2. The van der Waals surface area contributed by atoms with Crippen molar-refractivity contribution in [3.05, 3.63) is 72.4 Å². The first-order chi connectivity index (χ1) is 20.0. The summed E-state index contributed by atoms with van der Waals surface area (Å²) in [6.45, 7) is 8.51. The minimum absolute atomic E-state index is 0.301. The fourth-order valence-electron chi connectivity index (χ4n) is 5.40. The fraction of sp³-hybridized carbons (Fsp3) is 0.367. The fourth-order valence-corrected chi connectivity index (χ4v) is 5.40. The maximum atomic E-state index is 13.6. The molecule has 2 fully saturated rings. The number of nitrogens with zero attached hydrogens (tertiary/aromatic N) is 8. The van der Waals surface area contributed by atoms with Gasteiger partial charge in [0.25, 0.3) is 0 Å². The van der Waals surface area contributed by atoms with Gasteiger partial charge >= 0.3 is 0 Å². The summed E-state index contributed by atoms with van der Waals surface area (Å²) < 4.78 is 13.6. The molecule has 0 spiro atoms. The molecule has 0 bridgehead atoms. The van der Waals surface area contributed by atoms with E-state index in [1.54, 1.807) is 37.5 Å². The maximum absolute atomic E-state index is 13.6. The van der Waals surface area contributed by atoms with E-state index in [0.29, 0.717) is 40.8 Å². The summed E-state index contributed by atoms with van der Waals surface area (Å²) in [4.78, 5) is 29.6. The van der Waals surface area contributed by atoms with E-state index in [-0.39, 0.29) is 5.82 Å². The highest BCUT2D eigenvalue weighted by Crippen LogP contribution is 2.26. The lowest BCUT2D eigenvalue weighted by Gasteiger charge is -2.42. The van der Waals surface area contributed by atoms with Crippen LogP contribution >= 0.6 is 0 Å². The molecule has 10 nitrogen and oxygen atoms in total. The molecule has 41 heavy (non-hydrogen) atoms. The molecular formula is C30H35FN10. The molecule has 0 aliphatic carbocycles. The predicted molar refractivity (Wildman–Crippen MR) is 159 cm³/mol. The Kier molecular flexibility index (Phi) is 7.97. The lowest BCUT2D eigenvalue weighted by molar-refractivity contribution is 0.0982. The van der Waals surface area contributed by atoms with Gasteiger partial charge in [0.15, 0.2) is 5.82 Å². The minimum atomic E-state index is -0.361. The Labute approximate surface area is 239 Å². The molecule has 0 amide bonds. The quantitative estimate of drug-likeness (QED) is 0.340. The smallest absolute Gasteiger partial charge is 0.229 e. The Morgan fingerprint density at radius 1 is 0.756 bits per heavy atom. The number of aryl methyl sites for hydroxylation is 1. The second kappa shape index (κ2) is 12.1. The molecule has 0 atom stereocenters. The van der Waals surface area contributed by atoms with Crippen LogP contribution in [0, 0.1) is 12.7 Å². The number of nitrogens with one attached hydrogen (secondary N) is 2. The highest BCUT2D eigenvalue weighted by molar-refractivity contribution is 5.62. The van der Waals surface area contributed by atoms with E-state index in [2.05, 4.69) is 81.6 Å². The average Bonchev–Trinajstić information content (AvgIpc) is 3.00. The van der Waals surface area contributed by atoms with Crippen LogP contribution in [-0.4, -0.2) is 87.1 Å². The Balaban J connectivity index is 1.05. The van der Waals surface area contributed by atoms with Crippen molar-refractivity contribution in [2.75, 3.05) is 61.8 Å². The van der Waals surface area contributed by atoms with E-state index in [0.717, 1.165) is 18.8 Å². The van der Waals surface area contributed by atoms with Crippen molar-refractivity contribution in [1.29, 1.82) is 0 Å². The van der Waals surface area contributed by atoms with Gasteiger partial charge in [0, 0.05) is 69.1 Å². The third-order valence-corrected chi connectivity index (χ3v) is 7.83. The number of hydrogen-bond donors (Lipinski definition) is 2. The van der Waals surface area contributed by atoms with Gasteiger partial charge in [-0.15, -0.1) is 0 Å². The molecule has 2 N–H and O–H groups in total. The van der Waals surface area contributed by atoms with Crippen LogP contribution in [0.5, 0.6) is 0 Å². The van der Waals surface area contributed by atoms with Gasteiger partial charge in [-0.05, 0) is 75.3 Å². The number of halogens is 1. The number of anilines is 5. The summed E-state index contributed by atoms with van der Waals surface area (Å²) in [6.07, 6.45) is 5.74. The first-order valence-corrected chi connectivity index (χ1v) is 14.1. The summed E-state index contributed by atoms with van der Waals surface area (Å²) in [6, 6.07) is 15.6. The summed E-state index contributed by atoms with van der Waals surface area (Å²) in [5.41, 5.74) is 2.96. The Morgan fingerprint density at radius 2 is 1.46 bits per heavy atom. The Morgan fingerprint density at radius 3 is 2.20 bits per heavy atom. The van der Waals surface area contributed by atoms with Crippen molar-refractivity contribution >= 4 is 29.0 Å². The molecule has 0 radical (unpaired) electrons. The molecule has 3 aromatic heterocycles. The summed E-state index contributed by atoms with van der Waals surface area (Å²) in [7, 11) is 2.21. The van der Waals surface area contributed by atoms with Gasteiger partial charge in [0.2, 0.25) is 5.95 Å². The predicted octanol–water partition coefficient (Wildman–Crippen LogP) is 4.48. The van der Waals surface area contributed by atoms with E-state index in [4.69, 9.17) is 0 Å². The monoisotopic (exact) mass is 554 g/mol. The number of piperazine rings is 1. The van der Waals surface area contributed by atoms with Crippen LogP contribution in [0.15, 0.2) is 60.9 Å². The molecule has 1 aromatic carbocycles. The van der Waals surface area contributed by atoms with Crippen LogP contribution in [0.3, 0.4) is 0 Å². The molecule has 11 heteroatoms. The number of hydrogen-bond acceptors (Lipinski definition) is 10. The van der Waals surface area contributed by atoms with Crippen molar-refractivity contribution < 1.29 is 4.39 Å².